The fraction of sp³-hybridized carbons (Fsp3) is 0.500. The van der Waals surface area contributed by atoms with Gasteiger partial charge in [-0.1, -0.05) is 44.8 Å². The molecule has 1 aliphatic carbocycles. The number of aromatic amines is 1. The summed E-state index contributed by atoms with van der Waals surface area (Å²) in [7, 11) is 0. The molecule has 0 atom stereocenters. The molecule has 0 spiro atoms. The lowest BCUT2D eigenvalue weighted by Gasteiger charge is -2.18. The standard InChI is InChI=1S/C22H27FN2O4/c1-3-7-16-12-18(26)29-21-19(16)20(27)24-22(25-21)28-13-17(14(2)23)11-10-15-8-5-4-6-9-15/h10-12,15H,3-9,13H2,1-2H3,(H,24,25,27)/b11-10-,17-14-. The molecule has 3 rings (SSSR count). The van der Waals surface area contributed by atoms with Crippen LogP contribution in [0.2, 0.25) is 0 Å². The average Bonchev–Trinajstić information content (AvgIpc) is 2.68. The van der Waals surface area contributed by atoms with Gasteiger partial charge in [0.2, 0.25) is 5.71 Å². The first-order valence-corrected chi connectivity index (χ1v) is 10.2. The van der Waals surface area contributed by atoms with E-state index in [0.29, 0.717) is 23.5 Å². The Bertz CT molecular complexity index is 1030. The number of aromatic nitrogens is 2. The van der Waals surface area contributed by atoms with Gasteiger partial charge in [-0.2, -0.15) is 4.98 Å². The van der Waals surface area contributed by atoms with E-state index in [9.17, 15) is 14.0 Å². The van der Waals surface area contributed by atoms with Crippen LogP contribution in [0.4, 0.5) is 4.39 Å². The maximum atomic E-state index is 13.9. The highest BCUT2D eigenvalue weighted by Gasteiger charge is 2.14. The molecule has 2 aromatic heterocycles. The van der Waals surface area contributed by atoms with Gasteiger partial charge in [0.15, 0.2) is 0 Å². The zero-order valence-electron chi connectivity index (χ0n) is 16.9. The molecule has 0 aliphatic heterocycles. The summed E-state index contributed by atoms with van der Waals surface area (Å²) >= 11 is 0. The van der Waals surface area contributed by atoms with Crippen molar-refractivity contribution in [1.29, 1.82) is 0 Å². The molecule has 6 nitrogen and oxygen atoms in total. The molecular formula is C22H27FN2O4. The minimum absolute atomic E-state index is 0.0695. The number of halogens is 1. The molecule has 0 aromatic carbocycles. The molecular weight excluding hydrogens is 375 g/mol. The van der Waals surface area contributed by atoms with Crippen LogP contribution >= 0.6 is 0 Å². The van der Waals surface area contributed by atoms with Crippen LogP contribution in [0.15, 0.2) is 43.6 Å². The van der Waals surface area contributed by atoms with Gasteiger partial charge in [0.1, 0.15) is 17.8 Å². The van der Waals surface area contributed by atoms with Gasteiger partial charge in [0.05, 0.1) is 0 Å². The Morgan fingerprint density at radius 3 is 2.79 bits per heavy atom. The van der Waals surface area contributed by atoms with E-state index in [2.05, 4.69) is 9.97 Å². The van der Waals surface area contributed by atoms with Gasteiger partial charge in [-0.15, -0.1) is 0 Å². The van der Waals surface area contributed by atoms with Crippen molar-refractivity contribution in [3.63, 3.8) is 0 Å². The maximum absolute atomic E-state index is 13.9. The Morgan fingerprint density at radius 2 is 2.10 bits per heavy atom. The summed E-state index contributed by atoms with van der Waals surface area (Å²) < 4.78 is 24.5. The van der Waals surface area contributed by atoms with Gasteiger partial charge in [-0.3, -0.25) is 9.78 Å². The van der Waals surface area contributed by atoms with Gasteiger partial charge in [-0.05, 0) is 37.7 Å². The molecule has 0 amide bonds. The fourth-order valence-electron chi connectivity index (χ4n) is 3.65. The van der Waals surface area contributed by atoms with E-state index in [1.54, 1.807) is 6.08 Å². The SMILES string of the molecule is CCCc1cc(=O)oc2nc(OCC(/C=C\C3CCCCC3)=C(/C)F)[nH]c(=O)c12. The molecule has 1 fully saturated rings. The van der Waals surface area contributed by atoms with Gasteiger partial charge in [-0.25, -0.2) is 9.18 Å². The zero-order valence-corrected chi connectivity index (χ0v) is 16.9. The number of aryl methyl sites for hydroxylation is 1. The number of allylic oxidation sites excluding steroid dienone is 2. The average molecular weight is 402 g/mol. The number of fused-ring (bicyclic) bond motifs is 1. The van der Waals surface area contributed by atoms with Crippen LogP contribution in [-0.4, -0.2) is 16.6 Å². The molecule has 0 saturated heterocycles. The first kappa shape index (κ1) is 21.0. The molecule has 156 valence electrons. The number of rotatable bonds is 7. The lowest BCUT2D eigenvalue weighted by molar-refractivity contribution is 0.320. The molecule has 7 heteroatoms. The minimum Gasteiger partial charge on any atom is -0.460 e. The number of nitrogens with zero attached hydrogens (tertiary/aromatic N) is 1. The van der Waals surface area contributed by atoms with E-state index in [4.69, 9.17) is 9.15 Å². The van der Waals surface area contributed by atoms with E-state index in [-0.39, 0.29) is 29.5 Å². The van der Waals surface area contributed by atoms with Crippen molar-refractivity contribution in [1.82, 2.24) is 9.97 Å². The number of H-pyrrole nitrogens is 1. The third-order valence-electron chi connectivity index (χ3n) is 5.22. The predicted octanol–water partition coefficient (Wildman–Crippen LogP) is 4.59. The number of hydrogen-bond acceptors (Lipinski definition) is 5. The smallest absolute Gasteiger partial charge is 0.337 e. The number of nitrogens with one attached hydrogen (secondary N) is 1. The highest BCUT2D eigenvalue weighted by molar-refractivity contribution is 5.75. The summed E-state index contributed by atoms with van der Waals surface area (Å²) in [6, 6.07) is 1.20. The van der Waals surface area contributed by atoms with Crippen molar-refractivity contribution in [2.45, 2.75) is 58.8 Å². The molecule has 1 aliphatic rings. The van der Waals surface area contributed by atoms with Crippen molar-refractivity contribution in [3.05, 3.63) is 56.0 Å². The van der Waals surface area contributed by atoms with Crippen LogP contribution in [0.3, 0.4) is 0 Å². The molecule has 29 heavy (non-hydrogen) atoms. The van der Waals surface area contributed by atoms with Crippen molar-refractivity contribution in [3.8, 4) is 6.01 Å². The number of ether oxygens (including phenoxy) is 1. The van der Waals surface area contributed by atoms with Crippen LogP contribution in [0, 0.1) is 5.92 Å². The summed E-state index contributed by atoms with van der Waals surface area (Å²) in [5, 5.41) is 0.244. The third kappa shape index (κ3) is 5.43. The maximum Gasteiger partial charge on any atom is 0.337 e. The van der Waals surface area contributed by atoms with Gasteiger partial charge >= 0.3 is 5.63 Å². The quantitative estimate of drug-likeness (QED) is 0.685. The Labute approximate surface area is 168 Å². The first-order valence-electron chi connectivity index (χ1n) is 10.2. The van der Waals surface area contributed by atoms with Gasteiger partial charge in [0.25, 0.3) is 11.6 Å². The summed E-state index contributed by atoms with van der Waals surface area (Å²) in [6.07, 6.45) is 11.0. The monoisotopic (exact) mass is 402 g/mol. The van der Waals surface area contributed by atoms with Gasteiger partial charge < -0.3 is 9.15 Å². The van der Waals surface area contributed by atoms with E-state index in [1.807, 2.05) is 13.0 Å². The summed E-state index contributed by atoms with van der Waals surface area (Å²) in [6.45, 7) is 3.24. The fourth-order valence-corrected chi connectivity index (χ4v) is 3.65. The Morgan fingerprint density at radius 1 is 1.34 bits per heavy atom. The molecule has 0 bridgehead atoms. The second kappa shape index (κ2) is 9.67. The highest BCUT2D eigenvalue weighted by Crippen LogP contribution is 2.25. The van der Waals surface area contributed by atoms with Crippen molar-refractivity contribution >= 4 is 11.1 Å². The van der Waals surface area contributed by atoms with E-state index in [1.165, 1.54) is 32.3 Å². The second-order valence-electron chi connectivity index (χ2n) is 7.50. The van der Waals surface area contributed by atoms with Crippen LogP contribution in [-0.2, 0) is 6.42 Å². The molecule has 1 saturated carbocycles. The van der Waals surface area contributed by atoms with Crippen molar-refractivity contribution in [2.75, 3.05) is 6.61 Å². The summed E-state index contributed by atoms with van der Waals surface area (Å²) in [5.74, 6) is 0.111. The molecule has 2 heterocycles. The molecule has 2 aromatic rings. The molecule has 0 radical (unpaired) electrons. The molecule has 1 N–H and O–H groups in total. The highest BCUT2D eigenvalue weighted by atomic mass is 19.1. The van der Waals surface area contributed by atoms with Crippen LogP contribution in [0.1, 0.15) is 57.9 Å². The lowest BCUT2D eigenvalue weighted by Crippen LogP contribution is -2.16. The van der Waals surface area contributed by atoms with E-state index < -0.39 is 11.2 Å². The first-order chi connectivity index (χ1) is 14.0. The summed E-state index contributed by atoms with van der Waals surface area (Å²) in [5.41, 5.74) is -0.104. The van der Waals surface area contributed by atoms with Crippen LogP contribution in [0.5, 0.6) is 6.01 Å². The number of hydrogen-bond donors (Lipinski definition) is 1. The topological polar surface area (TPSA) is 85.2 Å². The van der Waals surface area contributed by atoms with Gasteiger partial charge in [0, 0.05) is 11.6 Å². The van der Waals surface area contributed by atoms with Crippen molar-refractivity contribution in [2.24, 2.45) is 5.92 Å². The predicted molar refractivity (Wildman–Crippen MR) is 110 cm³/mol. The second-order valence-corrected chi connectivity index (χ2v) is 7.50. The van der Waals surface area contributed by atoms with Crippen LogP contribution in [0.25, 0.3) is 11.1 Å². The van der Waals surface area contributed by atoms with Crippen molar-refractivity contribution < 1.29 is 13.5 Å². The largest absolute Gasteiger partial charge is 0.460 e. The molecule has 0 unspecified atom stereocenters. The van der Waals surface area contributed by atoms with E-state index >= 15 is 0 Å². The van der Waals surface area contributed by atoms with Crippen LogP contribution < -0.4 is 15.9 Å². The third-order valence-corrected chi connectivity index (χ3v) is 5.22. The van der Waals surface area contributed by atoms with E-state index in [0.717, 1.165) is 19.3 Å². The summed E-state index contributed by atoms with van der Waals surface area (Å²) in [4.78, 5) is 30.9. The normalized spacial score (nSPS) is 16.4. The minimum atomic E-state index is -0.569. The lowest BCUT2D eigenvalue weighted by atomic mass is 9.89. The Hall–Kier alpha value is -2.70. The Kier molecular flexibility index (Phi) is 7.01. The Balaban J connectivity index is 1.80. The zero-order chi connectivity index (χ0) is 20.8.